The van der Waals surface area contributed by atoms with Gasteiger partial charge in [0.2, 0.25) is 0 Å². The van der Waals surface area contributed by atoms with Crippen LogP contribution in [0.2, 0.25) is 0 Å². The maximum Gasteiger partial charge on any atom is 0.0695 e. The van der Waals surface area contributed by atoms with Crippen molar-refractivity contribution in [2.45, 2.75) is 5.37 Å². The molecule has 3 heteroatoms. The summed E-state index contributed by atoms with van der Waals surface area (Å²) in [5.74, 6) is 1.20. The first kappa shape index (κ1) is 7.38. The summed E-state index contributed by atoms with van der Waals surface area (Å²) in [7, 11) is 4.22. The molecular weight excluding hydrogens is 132 g/mol. The molecule has 2 nitrogen and oxygen atoms in total. The van der Waals surface area contributed by atoms with Crippen LogP contribution in [0.5, 0.6) is 0 Å². The van der Waals surface area contributed by atoms with E-state index in [1.807, 2.05) is 11.8 Å². The molecule has 0 spiro atoms. The van der Waals surface area contributed by atoms with Gasteiger partial charge in [-0.2, -0.15) is 0 Å². The Hall–Kier alpha value is 0.270. The third-order valence-corrected chi connectivity index (χ3v) is 2.79. The molecule has 1 fully saturated rings. The van der Waals surface area contributed by atoms with Gasteiger partial charge in [0.15, 0.2) is 0 Å². The SMILES string of the molecule is CN(C)C1C[N]CCS1. The van der Waals surface area contributed by atoms with Gasteiger partial charge < -0.3 is 0 Å². The first-order valence-electron chi connectivity index (χ1n) is 3.22. The van der Waals surface area contributed by atoms with Crippen LogP contribution in [-0.4, -0.2) is 43.2 Å². The highest BCUT2D eigenvalue weighted by Crippen LogP contribution is 2.14. The molecule has 0 amide bonds. The van der Waals surface area contributed by atoms with E-state index in [1.165, 1.54) is 5.75 Å². The lowest BCUT2D eigenvalue weighted by molar-refractivity contribution is 0.363. The second-order valence-electron chi connectivity index (χ2n) is 2.42. The molecule has 1 unspecified atom stereocenters. The Labute approximate surface area is 61.0 Å². The molecule has 0 aromatic rings. The van der Waals surface area contributed by atoms with Crippen molar-refractivity contribution in [1.29, 1.82) is 0 Å². The summed E-state index contributed by atoms with van der Waals surface area (Å²) >= 11 is 2.00. The number of hydrogen-bond acceptors (Lipinski definition) is 2. The first-order chi connectivity index (χ1) is 4.30. The largest absolute Gasteiger partial charge is 0.297 e. The highest BCUT2D eigenvalue weighted by Gasteiger charge is 2.14. The summed E-state index contributed by atoms with van der Waals surface area (Å²) in [4.78, 5) is 2.23. The molecule has 1 rings (SSSR count). The average Bonchev–Trinajstić information content (AvgIpc) is 1.90. The smallest absolute Gasteiger partial charge is 0.0695 e. The maximum absolute atomic E-state index is 4.32. The molecule has 1 atom stereocenters. The summed E-state index contributed by atoms with van der Waals surface area (Å²) in [5, 5.41) is 4.96. The summed E-state index contributed by atoms with van der Waals surface area (Å²) in [6, 6.07) is 0. The van der Waals surface area contributed by atoms with Crippen molar-refractivity contribution in [2.24, 2.45) is 0 Å². The molecule has 1 radical (unpaired) electrons. The quantitative estimate of drug-likeness (QED) is 0.525. The Morgan fingerprint density at radius 3 is 2.67 bits per heavy atom. The minimum absolute atomic E-state index is 0.638. The minimum atomic E-state index is 0.638. The predicted molar refractivity (Wildman–Crippen MR) is 41.8 cm³/mol. The fourth-order valence-electron chi connectivity index (χ4n) is 0.820. The number of rotatable bonds is 1. The highest BCUT2D eigenvalue weighted by atomic mass is 32.2. The van der Waals surface area contributed by atoms with E-state index in [4.69, 9.17) is 0 Å². The number of hydrogen-bond donors (Lipinski definition) is 0. The Morgan fingerprint density at radius 2 is 2.33 bits per heavy atom. The maximum atomic E-state index is 4.32. The van der Waals surface area contributed by atoms with Gasteiger partial charge in [-0.15, -0.1) is 11.8 Å². The molecule has 0 saturated carbocycles. The molecule has 0 aliphatic carbocycles. The van der Waals surface area contributed by atoms with Crippen molar-refractivity contribution in [3.05, 3.63) is 0 Å². The van der Waals surface area contributed by atoms with E-state index in [9.17, 15) is 0 Å². The Morgan fingerprint density at radius 1 is 1.56 bits per heavy atom. The zero-order chi connectivity index (χ0) is 6.69. The van der Waals surface area contributed by atoms with Crippen LogP contribution in [0.4, 0.5) is 0 Å². The van der Waals surface area contributed by atoms with E-state index in [0.717, 1.165) is 13.1 Å². The van der Waals surface area contributed by atoms with Crippen molar-refractivity contribution in [2.75, 3.05) is 32.9 Å². The van der Waals surface area contributed by atoms with Gasteiger partial charge in [-0.25, -0.2) is 5.32 Å². The van der Waals surface area contributed by atoms with Gasteiger partial charge in [0.25, 0.3) is 0 Å². The first-order valence-corrected chi connectivity index (χ1v) is 4.27. The summed E-state index contributed by atoms with van der Waals surface area (Å²) < 4.78 is 0. The molecule has 1 saturated heterocycles. The molecule has 1 aliphatic heterocycles. The van der Waals surface area contributed by atoms with E-state index in [1.54, 1.807) is 0 Å². The molecular formula is C6H13N2S. The van der Waals surface area contributed by atoms with Gasteiger partial charge in [-0.05, 0) is 14.1 Å². The van der Waals surface area contributed by atoms with Crippen LogP contribution < -0.4 is 5.32 Å². The van der Waals surface area contributed by atoms with E-state index in [-0.39, 0.29) is 0 Å². The number of nitrogens with zero attached hydrogens (tertiary/aromatic N) is 2. The molecule has 1 heterocycles. The lowest BCUT2D eigenvalue weighted by atomic mass is 10.5. The Kier molecular flexibility index (Phi) is 2.82. The van der Waals surface area contributed by atoms with Crippen molar-refractivity contribution < 1.29 is 0 Å². The van der Waals surface area contributed by atoms with Crippen LogP contribution in [0.25, 0.3) is 0 Å². The van der Waals surface area contributed by atoms with Gasteiger partial charge in [-0.1, -0.05) is 0 Å². The molecule has 0 aromatic carbocycles. The van der Waals surface area contributed by atoms with Crippen molar-refractivity contribution in [1.82, 2.24) is 10.2 Å². The van der Waals surface area contributed by atoms with Gasteiger partial charge in [0, 0.05) is 18.8 Å². The average molecular weight is 145 g/mol. The number of likely N-dealkylation sites (N-methyl/N-ethyl adjacent to an activating group) is 1. The third kappa shape index (κ3) is 2.16. The molecule has 0 aromatic heterocycles. The van der Waals surface area contributed by atoms with Crippen LogP contribution in [0.15, 0.2) is 0 Å². The van der Waals surface area contributed by atoms with Crippen LogP contribution >= 0.6 is 11.8 Å². The lowest BCUT2D eigenvalue weighted by Crippen LogP contribution is -2.37. The van der Waals surface area contributed by atoms with E-state index >= 15 is 0 Å². The van der Waals surface area contributed by atoms with Crippen LogP contribution in [0, 0.1) is 0 Å². The molecule has 0 bridgehead atoms. The Balaban J connectivity index is 2.23. The fourth-order valence-corrected chi connectivity index (χ4v) is 1.84. The topological polar surface area (TPSA) is 17.3 Å². The summed E-state index contributed by atoms with van der Waals surface area (Å²) in [5.41, 5.74) is 0. The molecule has 53 valence electrons. The minimum Gasteiger partial charge on any atom is -0.297 e. The number of thioether (sulfide) groups is 1. The van der Waals surface area contributed by atoms with Crippen molar-refractivity contribution in [3.63, 3.8) is 0 Å². The van der Waals surface area contributed by atoms with Gasteiger partial charge >= 0.3 is 0 Å². The lowest BCUT2D eigenvalue weighted by Gasteiger charge is -2.26. The summed E-state index contributed by atoms with van der Waals surface area (Å²) in [6.45, 7) is 2.06. The predicted octanol–water partition coefficient (Wildman–Crippen LogP) is 0.225. The van der Waals surface area contributed by atoms with Crippen molar-refractivity contribution in [3.8, 4) is 0 Å². The van der Waals surface area contributed by atoms with Gasteiger partial charge in [0.05, 0.1) is 5.37 Å². The second-order valence-corrected chi connectivity index (χ2v) is 3.70. The van der Waals surface area contributed by atoms with Gasteiger partial charge in [0.1, 0.15) is 0 Å². The molecule has 0 N–H and O–H groups in total. The monoisotopic (exact) mass is 145 g/mol. The van der Waals surface area contributed by atoms with E-state index < -0.39 is 0 Å². The highest BCUT2D eigenvalue weighted by molar-refractivity contribution is 7.99. The molecule has 1 aliphatic rings. The van der Waals surface area contributed by atoms with Gasteiger partial charge in [-0.3, -0.25) is 4.90 Å². The normalized spacial score (nSPS) is 29.0. The van der Waals surface area contributed by atoms with Crippen LogP contribution in [-0.2, 0) is 0 Å². The zero-order valence-electron chi connectivity index (χ0n) is 6.00. The second kappa shape index (κ2) is 3.44. The van der Waals surface area contributed by atoms with Crippen LogP contribution in [0.3, 0.4) is 0 Å². The van der Waals surface area contributed by atoms with E-state index in [0.29, 0.717) is 5.37 Å². The fraction of sp³-hybridized carbons (Fsp3) is 1.00. The van der Waals surface area contributed by atoms with Crippen LogP contribution in [0.1, 0.15) is 0 Å². The zero-order valence-corrected chi connectivity index (χ0v) is 6.82. The summed E-state index contributed by atoms with van der Waals surface area (Å²) in [6.07, 6.45) is 0. The third-order valence-electron chi connectivity index (χ3n) is 1.42. The standard InChI is InChI=1S/C6H13N2S/c1-8(2)6-5-7-3-4-9-6/h6H,3-5H2,1-2H3. The van der Waals surface area contributed by atoms with E-state index in [2.05, 4.69) is 24.3 Å². The van der Waals surface area contributed by atoms with Crippen molar-refractivity contribution >= 4 is 11.8 Å². The molecule has 9 heavy (non-hydrogen) atoms. The Bertz CT molecular complexity index is 79.1.